The SMILES string of the molecule is CCOc1ccc(Cl)cc1S(=O)CNc1ccc(C(=O)N2CCN(c3ccccc3O)CC2)cc1. The lowest BCUT2D eigenvalue weighted by Gasteiger charge is -2.36. The van der Waals surface area contributed by atoms with Crippen molar-refractivity contribution in [1.29, 1.82) is 0 Å². The first-order valence-electron chi connectivity index (χ1n) is 11.4. The van der Waals surface area contributed by atoms with Gasteiger partial charge in [-0.05, 0) is 61.5 Å². The zero-order chi connectivity index (χ0) is 24.8. The number of aromatic hydroxyl groups is 1. The highest BCUT2D eigenvalue weighted by Crippen LogP contribution is 2.28. The number of benzene rings is 3. The first-order chi connectivity index (χ1) is 17.0. The maximum Gasteiger partial charge on any atom is 0.253 e. The van der Waals surface area contributed by atoms with Gasteiger partial charge in [0.2, 0.25) is 0 Å². The van der Waals surface area contributed by atoms with Crippen LogP contribution in [0.15, 0.2) is 71.6 Å². The summed E-state index contributed by atoms with van der Waals surface area (Å²) in [4.78, 5) is 17.4. The zero-order valence-electron chi connectivity index (χ0n) is 19.4. The molecule has 1 saturated heterocycles. The number of hydrogen-bond donors (Lipinski definition) is 2. The highest BCUT2D eigenvalue weighted by molar-refractivity contribution is 7.85. The lowest BCUT2D eigenvalue weighted by Crippen LogP contribution is -2.48. The third-order valence-electron chi connectivity index (χ3n) is 5.78. The summed E-state index contributed by atoms with van der Waals surface area (Å²) in [6, 6.07) is 19.5. The summed E-state index contributed by atoms with van der Waals surface area (Å²) in [5, 5.41) is 13.7. The van der Waals surface area contributed by atoms with E-state index in [0.717, 1.165) is 11.4 Å². The van der Waals surface area contributed by atoms with Crippen LogP contribution in [0.25, 0.3) is 0 Å². The van der Waals surface area contributed by atoms with E-state index in [9.17, 15) is 14.1 Å². The van der Waals surface area contributed by atoms with Gasteiger partial charge in [0.15, 0.2) is 0 Å². The fraction of sp³-hybridized carbons (Fsp3) is 0.269. The van der Waals surface area contributed by atoms with Crippen LogP contribution >= 0.6 is 11.6 Å². The monoisotopic (exact) mass is 513 g/mol. The van der Waals surface area contributed by atoms with E-state index in [4.69, 9.17) is 16.3 Å². The Hall–Kier alpha value is -3.23. The molecule has 0 aromatic heterocycles. The Balaban J connectivity index is 1.32. The zero-order valence-corrected chi connectivity index (χ0v) is 21.0. The first-order valence-corrected chi connectivity index (χ1v) is 13.1. The van der Waals surface area contributed by atoms with Crippen molar-refractivity contribution < 1.29 is 18.8 Å². The Morgan fingerprint density at radius 1 is 1.06 bits per heavy atom. The van der Waals surface area contributed by atoms with E-state index in [-0.39, 0.29) is 17.5 Å². The van der Waals surface area contributed by atoms with E-state index < -0.39 is 10.8 Å². The van der Waals surface area contributed by atoms with E-state index in [1.165, 1.54) is 0 Å². The molecular weight excluding hydrogens is 486 g/mol. The van der Waals surface area contributed by atoms with E-state index in [1.807, 2.05) is 36.1 Å². The highest BCUT2D eigenvalue weighted by atomic mass is 35.5. The molecule has 1 fully saturated rings. The number of hydrogen-bond acceptors (Lipinski definition) is 6. The molecule has 0 radical (unpaired) electrons. The summed E-state index contributed by atoms with van der Waals surface area (Å²) in [6.45, 7) is 4.81. The average molecular weight is 514 g/mol. The quantitative estimate of drug-likeness (QED) is 0.458. The number of carbonyl (C=O) groups is 1. The van der Waals surface area contributed by atoms with Gasteiger partial charge < -0.3 is 25.0 Å². The fourth-order valence-corrected chi connectivity index (χ4v) is 5.26. The Morgan fingerprint density at radius 3 is 2.46 bits per heavy atom. The van der Waals surface area contributed by atoms with Gasteiger partial charge in [0.25, 0.3) is 5.91 Å². The van der Waals surface area contributed by atoms with Crippen molar-refractivity contribution in [3.05, 3.63) is 77.3 Å². The smallest absolute Gasteiger partial charge is 0.253 e. The summed E-state index contributed by atoms with van der Waals surface area (Å²) in [5.74, 6) is 0.959. The molecule has 0 bridgehead atoms. The van der Waals surface area contributed by atoms with Crippen molar-refractivity contribution in [3.63, 3.8) is 0 Å². The standard InChI is InChI=1S/C26H28ClN3O4S/c1-2-34-24-12-9-20(27)17-25(24)35(33)18-28-21-10-7-19(8-11-21)26(32)30-15-13-29(14-16-30)22-5-3-4-6-23(22)31/h3-12,17,28,31H,2,13-16,18H2,1H3. The van der Waals surface area contributed by atoms with Crippen LogP contribution in [0, 0.1) is 0 Å². The molecule has 184 valence electrons. The molecule has 2 N–H and O–H groups in total. The minimum atomic E-state index is -1.36. The number of anilines is 2. The Labute approximate surface area is 212 Å². The number of amides is 1. The Kier molecular flexibility index (Phi) is 8.15. The van der Waals surface area contributed by atoms with Crippen LogP contribution in [0.4, 0.5) is 11.4 Å². The number of rotatable bonds is 8. The topological polar surface area (TPSA) is 82.1 Å². The van der Waals surface area contributed by atoms with Crippen molar-refractivity contribution >= 4 is 39.7 Å². The Morgan fingerprint density at radius 2 is 1.77 bits per heavy atom. The number of halogens is 1. The number of phenols is 1. The minimum Gasteiger partial charge on any atom is -0.506 e. The third kappa shape index (κ3) is 6.07. The molecule has 1 amide bonds. The summed E-state index contributed by atoms with van der Waals surface area (Å²) in [6.07, 6.45) is 0. The lowest BCUT2D eigenvalue weighted by atomic mass is 10.1. The van der Waals surface area contributed by atoms with Gasteiger partial charge in [-0.1, -0.05) is 23.7 Å². The van der Waals surface area contributed by atoms with E-state index in [0.29, 0.717) is 54.0 Å². The van der Waals surface area contributed by atoms with E-state index in [2.05, 4.69) is 10.2 Å². The molecule has 1 aliphatic rings. The molecular formula is C26H28ClN3O4S. The minimum absolute atomic E-state index is 0.0302. The van der Waals surface area contributed by atoms with Crippen LogP contribution in [0.3, 0.4) is 0 Å². The number of ether oxygens (including phenoxy) is 1. The van der Waals surface area contributed by atoms with Gasteiger partial charge in [-0.3, -0.25) is 9.00 Å². The number of carbonyl (C=O) groups excluding carboxylic acids is 1. The van der Waals surface area contributed by atoms with Gasteiger partial charge in [0, 0.05) is 42.5 Å². The normalized spacial score (nSPS) is 14.5. The van der Waals surface area contributed by atoms with Crippen LogP contribution in [0.5, 0.6) is 11.5 Å². The highest BCUT2D eigenvalue weighted by Gasteiger charge is 2.23. The van der Waals surface area contributed by atoms with Gasteiger partial charge in [-0.2, -0.15) is 0 Å². The summed E-state index contributed by atoms with van der Waals surface area (Å²) in [7, 11) is -1.36. The molecule has 3 aromatic carbocycles. The van der Waals surface area contributed by atoms with Gasteiger partial charge in [0.05, 0.1) is 33.9 Å². The van der Waals surface area contributed by atoms with Crippen LogP contribution < -0.4 is 15.0 Å². The molecule has 1 heterocycles. The molecule has 0 aliphatic carbocycles. The van der Waals surface area contributed by atoms with Crippen molar-refractivity contribution in [2.75, 3.05) is 48.9 Å². The molecule has 3 aromatic rings. The lowest BCUT2D eigenvalue weighted by molar-refractivity contribution is 0.0746. The predicted molar refractivity (Wildman–Crippen MR) is 140 cm³/mol. The van der Waals surface area contributed by atoms with Crippen LogP contribution in [0.1, 0.15) is 17.3 Å². The van der Waals surface area contributed by atoms with Crippen molar-refractivity contribution in [3.8, 4) is 11.5 Å². The molecule has 9 heteroatoms. The van der Waals surface area contributed by atoms with Gasteiger partial charge in [-0.15, -0.1) is 0 Å². The third-order valence-corrected chi connectivity index (χ3v) is 7.23. The molecule has 1 atom stereocenters. The van der Waals surface area contributed by atoms with Crippen molar-refractivity contribution in [1.82, 2.24) is 4.90 Å². The first kappa shape index (κ1) is 24.9. The number of para-hydroxylation sites is 2. The largest absolute Gasteiger partial charge is 0.506 e. The molecule has 35 heavy (non-hydrogen) atoms. The number of phenolic OH excluding ortho intramolecular Hbond substituents is 1. The van der Waals surface area contributed by atoms with Crippen LogP contribution in [0.2, 0.25) is 5.02 Å². The average Bonchev–Trinajstić information content (AvgIpc) is 2.89. The number of nitrogens with one attached hydrogen (secondary N) is 1. The van der Waals surface area contributed by atoms with Gasteiger partial charge in [0.1, 0.15) is 11.5 Å². The second-order valence-electron chi connectivity index (χ2n) is 8.04. The maximum absolute atomic E-state index is 13.0. The van der Waals surface area contributed by atoms with Crippen molar-refractivity contribution in [2.45, 2.75) is 11.8 Å². The second kappa shape index (κ2) is 11.5. The predicted octanol–water partition coefficient (Wildman–Crippen LogP) is 4.58. The molecule has 0 saturated carbocycles. The number of nitrogens with zero attached hydrogens (tertiary/aromatic N) is 2. The Bertz CT molecular complexity index is 1200. The summed E-state index contributed by atoms with van der Waals surface area (Å²) < 4.78 is 18.4. The molecule has 4 rings (SSSR count). The van der Waals surface area contributed by atoms with Gasteiger partial charge >= 0.3 is 0 Å². The van der Waals surface area contributed by atoms with Crippen molar-refractivity contribution in [2.24, 2.45) is 0 Å². The van der Waals surface area contributed by atoms with E-state index >= 15 is 0 Å². The van der Waals surface area contributed by atoms with E-state index in [1.54, 1.807) is 42.5 Å². The fourth-order valence-electron chi connectivity index (χ4n) is 3.96. The van der Waals surface area contributed by atoms with Crippen LogP contribution in [-0.4, -0.2) is 58.8 Å². The number of piperazine rings is 1. The second-order valence-corrected chi connectivity index (χ2v) is 9.89. The van der Waals surface area contributed by atoms with Gasteiger partial charge in [-0.25, -0.2) is 0 Å². The van der Waals surface area contributed by atoms with Crippen LogP contribution in [-0.2, 0) is 10.8 Å². The molecule has 1 aliphatic heterocycles. The molecule has 7 nitrogen and oxygen atoms in total. The summed E-state index contributed by atoms with van der Waals surface area (Å²) >= 11 is 6.08. The molecule has 0 spiro atoms. The summed E-state index contributed by atoms with van der Waals surface area (Å²) in [5.41, 5.74) is 2.15. The molecule has 1 unspecified atom stereocenters. The maximum atomic E-state index is 13.0.